The summed E-state index contributed by atoms with van der Waals surface area (Å²) in [5.74, 6) is 2.25. The van der Waals surface area contributed by atoms with Gasteiger partial charge in [0.2, 0.25) is 5.88 Å². The van der Waals surface area contributed by atoms with E-state index in [9.17, 15) is 9.18 Å². The Balaban J connectivity index is 1.15. The monoisotopic (exact) mass is 487 g/mol. The Kier molecular flexibility index (Phi) is 9.06. The van der Waals surface area contributed by atoms with Gasteiger partial charge >= 0.3 is 0 Å². The number of thiazole rings is 1. The quantitative estimate of drug-likeness (QED) is 0.450. The van der Waals surface area contributed by atoms with Crippen LogP contribution in [-0.4, -0.2) is 53.1 Å². The Labute approximate surface area is 207 Å². The van der Waals surface area contributed by atoms with E-state index in [4.69, 9.17) is 4.74 Å². The van der Waals surface area contributed by atoms with Crippen molar-refractivity contribution in [2.75, 3.05) is 26.2 Å². The lowest BCUT2D eigenvalue weighted by molar-refractivity contribution is -0.119. The maximum Gasteiger partial charge on any atom is 0.213 e. The molecule has 7 heteroatoms. The molecule has 1 unspecified atom stereocenters. The first-order valence-electron chi connectivity index (χ1n) is 12.9. The number of fused-ring (bicyclic) bond motifs is 1. The Bertz CT molecular complexity index is 940. The minimum atomic E-state index is -0.986. The molecule has 0 bridgehead atoms. The molecule has 0 N–H and O–H groups in total. The highest BCUT2D eigenvalue weighted by Crippen LogP contribution is 2.33. The fraction of sp³-hybridized carbons (Fsp3) is 0.667. The van der Waals surface area contributed by atoms with E-state index in [1.54, 1.807) is 11.3 Å². The lowest BCUT2D eigenvalue weighted by atomic mass is 9.78. The third-order valence-electron chi connectivity index (χ3n) is 7.24. The van der Waals surface area contributed by atoms with Crippen LogP contribution in [0.5, 0.6) is 5.88 Å². The summed E-state index contributed by atoms with van der Waals surface area (Å²) >= 11 is 1.64. The number of ketones is 1. The fourth-order valence-corrected chi connectivity index (χ4v) is 6.10. The topological polar surface area (TPSA) is 55.3 Å². The van der Waals surface area contributed by atoms with Crippen molar-refractivity contribution >= 4 is 17.1 Å². The molecule has 2 aliphatic rings. The Morgan fingerprint density at radius 1 is 1.21 bits per heavy atom. The van der Waals surface area contributed by atoms with Gasteiger partial charge in [-0.25, -0.2) is 14.4 Å². The number of hydrogen-bond acceptors (Lipinski definition) is 6. The van der Waals surface area contributed by atoms with E-state index in [0.29, 0.717) is 24.0 Å². The molecule has 3 heterocycles. The third kappa shape index (κ3) is 7.57. The predicted octanol–water partition coefficient (Wildman–Crippen LogP) is 5.38. The smallest absolute Gasteiger partial charge is 0.213 e. The van der Waals surface area contributed by atoms with E-state index in [1.807, 2.05) is 19.2 Å². The van der Waals surface area contributed by atoms with E-state index in [-0.39, 0.29) is 6.61 Å². The van der Waals surface area contributed by atoms with Gasteiger partial charge in [0.15, 0.2) is 0 Å². The molecule has 1 aliphatic heterocycles. The van der Waals surface area contributed by atoms with Crippen molar-refractivity contribution in [3.63, 3.8) is 0 Å². The van der Waals surface area contributed by atoms with Gasteiger partial charge in [0.1, 0.15) is 18.6 Å². The zero-order valence-electron chi connectivity index (χ0n) is 20.6. The number of aromatic nitrogens is 2. The number of pyridine rings is 1. The molecular weight excluding hydrogens is 449 g/mol. The van der Waals surface area contributed by atoms with Crippen molar-refractivity contribution in [3.8, 4) is 5.88 Å². The average molecular weight is 488 g/mol. The number of rotatable bonds is 10. The summed E-state index contributed by atoms with van der Waals surface area (Å²) in [7, 11) is 0. The summed E-state index contributed by atoms with van der Waals surface area (Å²) in [5.41, 5.74) is 2.40. The van der Waals surface area contributed by atoms with E-state index < -0.39 is 6.17 Å². The summed E-state index contributed by atoms with van der Waals surface area (Å²) in [6, 6.07) is 3.97. The first-order chi connectivity index (χ1) is 16.4. The second-order valence-corrected chi connectivity index (χ2v) is 11.4. The minimum absolute atomic E-state index is 0.0557. The summed E-state index contributed by atoms with van der Waals surface area (Å²) < 4.78 is 18.5. The predicted molar refractivity (Wildman–Crippen MR) is 134 cm³/mol. The zero-order chi connectivity index (χ0) is 23.9. The van der Waals surface area contributed by atoms with Crippen LogP contribution in [0.15, 0.2) is 18.3 Å². The van der Waals surface area contributed by atoms with Crippen LogP contribution in [0.2, 0.25) is 0 Å². The van der Waals surface area contributed by atoms with Crippen LogP contribution in [0.25, 0.3) is 0 Å². The average Bonchev–Trinajstić information content (AvgIpc) is 3.11. The molecular formula is C27H38FN3O2S. The molecule has 5 nitrogen and oxygen atoms in total. The van der Waals surface area contributed by atoms with E-state index in [0.717, 1.165) is 60.4 Å². The van der Waals surface area contributed by atoms with Gasteiger partial charge in [0, 0.05) is 55.2 Å². The summed E-state index contributed by atoms with van der Waals surface area (Å²) in [6.07, 6.45) is 10.2. The number of halogens is 1. The highest BCUT2D eigenvalue weighted by molar-refractivity contribution is 7.11. The minimum Gasteiger partial charge on any atom is -0.475 e. The first-order valence-corrected chi connectivity index (χ1v) is 13.7. The van der Waals surface area contributed by atoms with E-state index in [1.165, 1.54) is 44.6 Å². The molecule has 34 heavy (non-hydrogen) atoms. The van der Waals surface area contributed by atoms with Gasteiger partial charge in [-0.05, 0) is 63.5 Å². The van der Waals surface area contributed by atoms with Crippen LogP contribution >= 0.6 is 11.3 Å². The van der Waals surface area contributed by atoms with Gasteiger partial charge in [-0.2, -0.15) is 0 Å². The van der Waals surface area contributed by atoms with Crippen LogP contribution in [0, 0.1) is 18.8 Å². The van der Waals surface area contributed by atoms with Gasteiger partial charge < -0.3 is 9.64 Å². The summed E-state index contributed by atoms with van der Waals surface area (Å²) in [5, 5.41) is 1.04. The molecule has 2 aromatic heterocycles. The van der Waals surface area contributed by atoms with Crippen molar-refractivity contribution < 1.29 is 13.9 Å². The summed E-state index contributed by atoms with van der Waals surface area (Å²) in [4.78, 5) is 25.0. The van der Waals surface area contributed by atoms with Crippen molar-refractivity contribution in [2.45, 2.75) is 77.8 Å². The van der Waals surface area contributed by atoms with E-state index in [2.05, 4.69) is 20.9 Å². The van der Waals surface area contributed by atoms with Gasteiger partial charge in [0.05, 0.1) is 5.01 Å². The van der Waals surface area contributed by atoms with Gasteiger partial charge in [-0.1, -0.05) is 18.9 Å². The Hall–Kier alpha value is -1.86. The summed E-state index contributed by atoms with van der Waals surface area (Å²) in [6.45, 7) is 6.76. The second kappa shape index (κ2) is 12.2. The van der Waals surface area contributed by atoms with Crippen molar-refractivity contribution in [1.82, 2.24) is 14.9 Å². The van der Waals surface area contributed by atoms with Gasteiger partial charge in [-0.15, -0.1) is 11.3 Å². The largest absolute Gasteiger partial charge is 0.475 e. The standard InChI is InChI=1S/C27H38FN3O2S/c1-19(28)18-33-27-8-7-23-10-13-31(14-11-26(23)30-27)12-9-21-3-5-22(6-4-21)15-24(32)16-25-17-29-20(2)34-25/h7-8,17,19,21-22H,3-6,9-16,18H2,1-2H3. The number of hydrogen-bond donors (Lipinski definition) is 0. The number of nitrogens with zero attached hydrogens (tertiary/aromatic N) is 3. The molecule has 0 radical (unpaired) electrons. The van der Waals surface area contributed by atoms with Gasteiger partial charge in [0.25, 0.3) is 0 Å². The lowest BCUT2D eigenvalue weighted by Gasteiger charge is -2.30. The molecule has 1 saturated carbocycles. The molecule has 1 aliphatic carbocycles. The fourth-order valence-electron chi connectivity index (χ4n) is 5.28. The van der Waals surface area contributed by atoms with Crippen LogP contribution in [0.4, 0.5) is 4.39 Å². The Morgan fingerprint density at radius 2 is 1.97 bits per heavy atom. The molecule has 1 fully saturated rings. The number of aryl methyl sites for hydroxylation is 1. The molecule has 1 atom stereocenters. The maximum atomic E-state index is 13.1. The molecule has 0 amide bonds. The SMILES string of the molecule is Cc1ncc(CC(=O)CC2CCC(CCN3CCc4ccc(OCC(C)F)nc4CC3)CC2)s1. The van der Waals surface area contributed by atoms with Crippen LogP contribution in [0.1, 0.15) is 66.6 Å². The molecule has 2 aromatic rings. The number of Topliss-reactive ketones (excluding diaryl/α,β-unsaturated/α-hetero) is 1. The van der Waals surface area contributed by atoms with Crippen molar-refractivity contribution in [1.29, 1.82) is 0 Å². The first kappa shape index (κ1) is 25.2. The van der Waals surface area contributed by atoms with Crippen LogP contribution in [0.3, 0.4) is 0 Å². The molecule has 0 aromatic carbocycles. The molecule has 0 spiro atoms. The number of alkyl halides is 1. The highest BCUT2D eigenvalue weighted by atomic mass is 32.1. The van der Waals surface area contributed by atoms with Crippen LogP contribution in [-0.2, 0) is 24.1 Å². The number of carbonyl (C=O) groups is 1. The van der Waals surface area contributed by atoms with E-state index >= 15 is 0 Å². The van der Waals surface area contributed by atoms with Crippen molar-refractivity contribution in [2.24, 2.45) is 11.8 Å². The van der Waals surface area contributed by atoms with Crippen LogP contribution < -0.4 is 4.74 Å². The molecule has 4 rings (SSSR count). The second-order valence-electron chi connectivity index (χ2n) is 10.1. The van der Waals surface area contributed by atoms with Crippen molar-refractivity contribution in [3.05, 3.63) is 39.5 Å². The van der Waals surface area contributed by atoms with Gasteiger partial charge in [-0.3, -0.25) is 4.79 Å². The Morgan fingerprint density at radius 3 is 2.71 bits per heavy atom. The lowest BCUT2D eigenvalue weighted by Crippen LogP contribution is -2.29. The molecule has 0 saturated heterocycles. The highest BCUT2D eigenvalue weighted by Gasteiger charge is 2.24. The number of ether oxygens (including phenoxy) is 1. The number of carbonyl (C=O) groups excluding carboxylic acids is 1. The third-order valence-corrected chi connectivity index (χ3v) is 8.16. The maximum absolute atomic E-state index is 13.1. The molecule has 186 valence electrons. The zero-order valence-corrected chi connectivity index (χ0v) is 21.4. The normalized spacial score (nSPS) is 22.1.